The smallest absolute Gasteiger partial charge is 0.303 e. The first-order valence-electron chi connectivity index (χ1n) is 6.45. The Morgan fingerprint density at radius 2 is 2.00 bits per heavy atom. The lowest BCUT2D eigenvalue weighted by Gasteiger charge is -2.29. The molecule has 0 aromatic carbocycles. The van der Waals surface area contributed by atoms with E-state index in [2.05, 4.69) is 0 Å². The molecule has 0 bridgehead atoms. The van der Waals surface area contributed by atoms with Gasteiger partial charge in [0, 0.05) is 19.0 Å². The Bertz CT molecular complexity index is 443. The maximum Gasteiger partial charge on any atom is 0.303 e. The number of nitrogens with zero attached hydrogens (tertiary/aromatic N) is 1. The Morgan fingerprint density at radius 3 is 2.42 bits per heavy atom. The third-order valence-electron chi connectivity index (χ3n) is 3.28. The van der Waals surface area contributed by atoms with Crippen molar-refractivity contribution in [1.82, 2.24) is 4.90 Å². The summed E-state index contributed by atoms with van der Waals surface area (Å²) in [5.41, 5.74) is 0. The normalized spacial score (nSPS) is 21.5. The highest BCUT2D eigenvalue weighted by Crippen LogP contribution is 2.22. The molecule has 1 amide bonds. The summed E-state index contributed by atoms with van der Waals surface area (Å²) in [6, 6.07) is -0.0513. The zero-order chi connectivity index (χ0) is 14.6. The summed E-state index contributed by atoms with van der Waals surface area (Å²) in [7, 11) is -3.08. The van der Waals surface area contributed by atoms with Gasteiger partial charge in [-0.2, -0.15) is 0 Å². The predicted molar refractivity (Wildman–Crippen MR) is 70.5 cm³/mol. The van der Waals surface area contributed by atoms with Crippen molar-refractivity contribution in [1.29, 1.82) is 0 Å². The number of carboxylic acid groups (broad SMARTS) is 1. The Morgan fingerprint density at radius 1 is 1.37 bits per heavy atom. The van der Waals surface area contributed by atoms with Crippen LogP contribution in [0, 0.1) is 5.92 Å². The standard InChI is InChI=1S/C12H21NO5S/c1-9(2)13(6-3-4-11(14)15)12(16)10-5-7-19(17,18)8-10/h9-10H,3-8H2,1-2H3,(H,14,15). The summed E-state index contributed by atoms with van der Waals surface area (Å²) >= 11 is 0. The lowest BCUT2D eigenvalue weighted by Crippen LogP contribution is -2.42. The fourth-order valence-electron chi connectivity index (χ4n) is 2.25. The van der Waals surface area contributed by atoms with Crippen LogP contribution < -0.4 is 0 Å². The van der Waals surface area contributed by atoms with Gasteiger partial charge in [0.25, 0.3) is 0 Å². The molecule has 0 aliphatic carbocycles. The average molecular weight is 291 g/mol. The van der Waals surface area contributed by atoms with Crippen LogP contribution in [0.4, 0.5) is 0 Å². The molecule has 1 aliphatic heterocycles. The minimum absolute atomic E-state index is 0.0134. The average Bonchev–Trinajstić information content (AvgIpc) is 2.63. The van der Waals surface area contributed by atoms with E-state index in [0.717, 1.165) is 0 Å². The molecule has 0 saturated carbocycles. The van der Waals surface area contributed by atoms with Crippen LogP contribution in [-0.2, 0) is 19.4 Å². The monoisotopic (exact) mass is 291 g/mol. The summed E-state index contributed by atoms with van der Waals surface area (Å²) in [6.07, 6.45) is 0.779. The fraction of sp³-hybridized carbons (Fsp3) is 0.833. The van der Waals surface area contributed by atoms with Gasteiger partial charge in [0.1, 0.15) is 0 Å². The van der Waals surface area contributed by atoms with Crippen LogP contribution >= 0.6 is 0 Å². The Kier molecular flexibility index (Phi) is 5.34. The van der Waals surface area contributed by atoms with Crippen molar-refractivity contribution < 1.29 is 23.1 Å². The van der Waals surface area contributed by atoms with Crippen LogP contribution in [0.5, 0.6) is 0 Å². The van der Waals surface area contributed by atoms with Gasteiger partial charge in [-0.05, 0) is 26.7 Å². The van der Waals surface area contributed by atoms with Gasteiger partial charge in [0.05, 0.1) is 17.4 Å². The molecule has 1 saturated heterocycles. The SMILES string of the molecule is CC(C)N(CCCC(=O)O)C(=O)C1CCS(=O)(=O)C1. The van der Waals surface area contributed by atoms with Crippen LogP contribution in [-0.4, -0.2) is 54.4 Å². The van der Waals surface area contributed by atoms with E-state index in [1.54, 1.807) is 4.90 Å². The minimum atomic E-state index is -3.08. The second-order valence-electron chi connectivity index (χ2n) is 5.22. The van der Waals surface area contributed by atoms with Gasteiger partial charge >= 0.3 is 5.97 Å². The van der Waals surface area contributed by atoms with Crippen LogP contribution in [0.3, 0.4) is 0 Å². The van der Waals surface area contributed by atoms with Gasteiger partial charge in [0.2, 0.25) is 5.91 Å². The van der Waals surface area contributed by atoms with Crippen molar-refractivity contribution in [2.24, 2.45) is 5.92 Å². The highest BCUT2D eigenvalue weighted by atomic mass is 32.2. The minimum Gasteiger partial charge on any atom is -0.481 e. The van der Waals surface area contributed by atoms with E-state index in [4.69, 9.17) is 5.11 Å². The van der Waals surface area contributed by atoms with E-state index < -0.39 is 21.7 Å². The predicted octanol–water partition coefficient (Wildman–Crippen LogP) is 0.523. The first-order chi connectivity index (χ1) is 8.73. The topological polar surface area (TPSA) is 91.8 Å². The number of hydrogen-bond acceptors (Lipinski definition) is 4. The zero-order valence-corrected chi connectivity index (χ0v) is 12.1. The molecule has 19 heavy (non-hydrogen) atoms. The van der Waals surface area contributed by atoms with Gasteiger partial charge in [-0.15, -0.1) is 0 Å². The summed E-state index contributed by atoms with van der Waals surface area (Å²) < 4.78 is 22.8. The van der Waals surface area contributed by atoms with E-state index in [1.807, 2.05) is 13.8 Å². The number of amides is 1. The lowest BCUT2D eigenvalue weighted by atomic mass is 10.1. The van der Waals surface area contributed by atoms with Crippen LogP contribution in [0.15, 0.2) is 0 Å². The first-order valence-corrected chi connectivity index (χ1v) is 8.28. The van der Waals surface area contributed by atoms with Gasteiger partial charge in [-0.25, -0.2) is 8.42 Å². The highest BCUT2D eigenvalue weighted by Gasteiger charge is 2.35. The van der Waals surface area contributed by atoms with Crippen molar-refractivity contribution in [2.45, 2.75) is 39.2 Å². The highest BCUT2D eigenvalue weighted by molar-refractivity contribution is 7.91. The Balaban J connectivity index is 2.61. The lowest BCUT2D eigenvalue weighted by molar-refractivity contribution is -0.139. The van der Waals surface area contributed by atoms with E-state index in [-0.39, 0.29) is 29.9 Å². The van der Waals surface area contributed by atoms with Gasteiger partial charge in [-0.1, -0.05) is 0 Å². The van der Waals surface area contributed by atoms with Crippen molar-refractivity contribution in [3.8, 4) is 0 Å². The molecule has 0 aromatic rings. The van der Waals surface area contributed by atoms with Crippen LogP contribution in [0.2, 0.25) is 0 Å². The molecule has 1 unspecified atom stereocenters. The van der Waals surface area contributed by atoms with Gasteiger partial charge in [0.15, 0.2) is 9.84 Å². The van der Waals surface area contributed by atoms with Crippen molar-refractivity contribution in [2.75, 3.05) is 18.1 Å². The number of carbonyl (C=O) groups is 2. The van der Waals surface area contributed by atoms with Gasteiger partial charge < -0.3 is 10.0 Å². The second-order valence-corrected chi connectivity index (χ2v) is 7.45. The van der Waals surface area contributed by atoms with E-state index in [0.29, 0.717) is 19.4 Å². The van der Waals surface area contributed by atoms with E-state index in [9.17, 15) is 18.0 Å². The van der Waals surface area contributed by atoms with Gasteiger partial charge in [-0.3, -0.25) is 9.59 Å². The Hall–Kier alpha value is -1.11. The molecule has 0 radical (unpaired) electrons. The number of hydrogen-bond donors (Lipinski definition) is 1. The maximum atomic E-state index is 12.3. The molecule has 110 valence electrons. The summed E-state index contributed by atoms with van der Waals surface area (Å²) in [6.45, 7) is 4.06. The third-order valence-corrected chi connectivity index (χ3v) is 5.05. The second kappa shape index (κ2) is 6.36. The zero-order valence-electron chi connectivity index (χ0n) is 11.3. The molecule has 0 aromatic heterocycles. The molecule has 6 nitrogen and oxygen atoms in total. The van der Waals surface area contributed by atoms with Crippen molar-refractivity contribution in [3.63, 3.8) is 0 Å². The van der Waals surface area contributed by atoms with Crippen LogP contribution in [0.1, 0.15) is 33.1 Å². The molecule has 0 spiro atoms. The Labute approximate surface area is 113 Å². The first kappa shape index (κ1) is 15.9. The maximum absolute atomic E-state index is 12.3. The quantitative estimate of drug-likeness (QED) is 0.770. The largest absolute Gasteiger partial charge is 0.481 e. The summed E-state index contributed by atoms with van der Waals surface area (Å²) in [4.78, 5) is 24.3. The molecule has 7 heteroatoms. The number of carboxylic acids is 1. The molecule has 1 atom stereocenters. The number of rotatable bonds is 6. The van der Waals surface area contributed by atoms with Crippen LogP contribution in [0.25, 0.3) is 0 Å². The number of carbonyl (C=O) groups excluding carboxylic acids is 1. The van der Waals surface area contributed by atoms with Crippen molar-refractivity contribution in [3.05, 3.63) is 0 Å². The molecular weight excluding hydrogens is 270 g/mol. The number of aliphatic carboxylic acids is 1. The summed E-state index contributed by atoms with van der Waals surface area (Å²) in [5, 5.41) is 8.60. The molecule has 1 heterocycles. The fourth-order valence-corrected chi connectivity index (χ4v) is 3.98. The molecule has 1 N–H and O–H groups in total. The number of sulfone groups is 1. The molecule has 1 rings (SSSR count). The molecule has 1 aliphatic rings. The van der Waals surface area contributed by atoms with E-state index in [1.165, 1.54) is 0 Å². The molecule has 1 fully saturated rings. The summed E-state index contributed by atoms with van der Waals surface area (Å²) in [5.74, 6) is -1.52. The third kappa shape index (κ3) is 4.81. The van der Waals surface area contributed by atoms with Crippen molar-refractivity contribution >= 4 is 21.7 Å². The van der Waals surface area contributed by atoms with E-state index >= 15 is 0 Å². The molecular formula is C12H21NO5S.